The summed E-state index contributed by atoms with van der Waals surface area (Å²) in [5.41, 5.74) is 4.64. The first-order valence-electron chi connectivity index (χ1n) is 11.6. The van der Waals surface area contributed by atoms with Crippen molar-refractivity contribution in [2.75, 3.05) is 12.0 Å². The van der Waals surface area contributed by atoms with E-state index in [2.05, 4.69) is 10.3 Å². The maximum atomic E-state index is 12.0. The number of hydrogen-bond donors (Lipinski definition) is 2. The van der Waals surface area contributed by atoms with Crippen LogP contribution in [0.3, 0.4) is 0 Å². The Morgan fingerprint density at radius 2 is 1.86 bits per heavy atom. The number of hydrogen-bond acceptors (Lipinski definition) is 6. The number of aryl methyl sites for hydroxylation is 1. The molecule has 3 heterocycles. The molecule has 2 atom stereocenters. The summed E-state index contributed by atoms with van der Waals surface area (Å²) in [6, 6.07) is 18.9. The molecule has 1 fully saturated rings. The first kappa shape index (κ1) is 24.3. The van der Waals surface area contributed by atoms with Gasteiger partial charge in [0.05, 0.1) is 35.9 Å². The Labute approximate surface area is 219 Å². The largest absolute Gasteiger partial charge is 0.508 e. The second kappa shape index (κ2) is 9.55. The molecule has 9 nitrogen and oxygen atoms in total. The number of nitro groups is 1. The van der Waals surface area contributed by atoms with E-state index in [4.69, 9.17) is 17.0 Å². The second-order valence-electron chi connectivity index (χ2n) is 8.79. The lowest BCUT2D eigenvalue weighted by Gasteiger charge is -2.28. The van der Waals surface area contributed by atoms with Gasteiger partial charge < -0.3 is 24.6 Å². The van der Waals surface area contributed by atoms with E-state index >= 15 is 0 Å². The van der Waals surface area contributed by atoms with Gasteiger partial charge in [-0.2, -0.15) is 0 Å². The van der Waals surface area contributed by atoms with Crippen LogP contribution in [-0.4, -0.2) is 31.8 Å². The molecule has 2 N–H and O–H groups in total. The third-order valence-corrected chi connectivity index (χ3v) is 6.95. The molecule has 37 heavy (non-hydrogen) atoms. The molecule has 5 rings (SSSR count). The van der Waals surface area contributed by atoms with Crippen molar-refractivity contribution in [1.82, 2.24) is 14.9 Å². The zero-order valence-electron chi connectivity index (χ0n) is 20.5. The number of pyridine rings is 1. The average Bonchev–Trinajstić information content (AvgIpc) is 3.39. The number of benzene rings is 2. The highest BCUT2D eigenvalue weighted by Crippen LogP contribution is 2.44. The summed E-state index contributed by atoms with van der Waals surface area (Å²) in [5, 5.41) is 25.8. The lowest BCUT2D eigenvalue weighted by Crippen LogP contribution is -2.29. The van der Waals surface area contributed by atoms with Crippen LogP contribution in [0.25, 0.3) is 5.69 Å². The van der Waals surface area contributed by atoms with Crippen molar-refractivity contribution in [3.63, 3.8) is 0 Å². The maximum absolute atomic E-state index is 12.0. The minimum atomic E-state index is -0.401. The van der Waals surface area contributed by atoms with E-state index in [1.165, 1.54) is 13.2 Å². The number of nitrogens with one attached hydrogen (secondary N) is 1. The molecule has 1 aliphatic heterocycles. The topological polar surface area (TPSA) is 106 Å². The molecule has 2 aromatic heterocycles. The summed E-state index contributed by atoms with van der Waals surface area (Å²) in [6.07, 6.45) is 1.74. The van der Waals surface area contributed by atoms with E-state index in [0.29, 0.717) is 16.5 Å². The first-order valence-corrected chi connectivity index (χ1v) is 12.0. The fourth-order valence-electron chi connectivity index (χ4n) is 4.99. The fourth-order valence-corrected chi connectivity index (χ4v) is 5.33. The van der Waals surface area contributed by atoms with Crippen molar-refractivity contribution in [3.8, 4) is 17.2 Å². The van der Waals surface area contributed by atoms with Crippen molar-refractivity contribution < 1.29 is 14.8 Å². The van der Waals surface area contributed by atoms with Crippen LogP contribution in [0.1, 0.15) is 34.7 Å². The monoisotopic (exact) mass is 515 g/mol. The van der Waals surface area contributed by atoms with E-state index in [0.717, 1.165) is 28.3 Å². The SMILES string of the molecule is COc1ccc(-n2c(C)cc([C@@H]3[C@@H](c4ccccn4)NC(=S)N3c3ccc(O)cc3)c2C)c([N+](=O)[O-])c1. The van der Waals surface area contributed by atoms with Gasteiger partial charge in [0.25, 0.3) is 5.69 Å². The fraction of sp³-hybridized carbons (Fsp3) is 0.185. The number of phenols is 1. The number of rotatable bonds is 6. The molecule has 0 aliphatic carbocycles. The lowest BCUT2D eigenvalue weighted by atomic mass is 9.96. The van der Waals surface area contributed by atoms with Gasteiger partial charge >= 0.3 is 0 Å². The number of thiocarbonyl (C=S) groups is 1. The summed E-state index contributed by atoms with van der Waals surface area (Å²) in [4.78, 5) is 18.2. The van der Waals surface area contributed by atoms with Crippen LogP contribution in [0.4, 0.5) is 11.4 Å². The Morgan fingerprint density at radius 3 is 2.51 bits per heavy atom. The van der Waals surface area contributed by atoms with Gasteiger partial charge in [0.2, 0.25) is 0 Å². The highest BCUT2D eigenvalue weighted by molar-refractivity contribution is 7.80. The normalized spacial score (nSPS) is 17.1. The number of aromatic nitrogens is 2. The Kier molecular flexibility index (Phi) is 6.26. The van der Waals surface area contributed by atoms with Gasteiger partial charge in [-0.1, -0.05) is 6.07 Å². The molecular formula is C27H25N5O4S. The Bertz CT molecular complexity index is 1490. The summed E-state index contributed by atoms with van der Waals surface area (Å²) >= 11 is 5.78. The van der Waals surface area contributed by atoms with Gasteiger partial charge in [-0.05, 0) is 86.2 Å². The average molecular weight is 516 g/mol. The zero-order valence-corrected chi connectivity index (χ0v) is 21.3. The molecule has 1 saturated heterocycles. The van der Waals surface area contributed by atoms with Gasteiger partial charge in [-0.15, -0.1) is 0 Å². The van der Waals surface area contributed by atoms with Crippen molar-refractivity contribution in [1.29, 1.82) is 0 Å². The number of nitrogens with zero attached hydrogens (tertiary/aromatic N) is 4. The molecule has 1 aliphatic rings. The van der Waals surface area contributed by atoms with Crippen LogP contribution in [0.2, 0.25) is 0 Å². The van der Waals surface area contributed by atoms with E-state index in [1.807, 2.05) is 59.7 Å². The van der Waals surface area contributed by atoms with Crippen molar-refractivity contribution in [3.05, 3.63) is 106 Å². The molecule has 0 spiro atoms. The van der Waals surface area contributed by atoms with Crippen molar-refractivity contribution >= 4 is 28.7 Å². The zero-order chi connectivity index (χ0) is 26.3. The molecule has 10 heteroatoms. The highest BCUT2D eigenvalue weighted by Gasteiger charge is 2.42. The minimum absolute atomic E-state index is 0.0514. The van der Waals surface area contributed by atoms with Gasteiger partial charge in [0.15, 0.2) is 5.11 Å². The number of nitro benzene ring substituents is 1. The molecule has 0 amide bonds. The van der Waals surface area contributed by atoms with Crippen molar-refractivity contribution in [2.24, 2.45) is 0 Å². The van der Waals surface area contributed by atoms with Gasteiger partial charge in [-0.25, -0.2) is 0 Å². The predicted octanol–water partition coefficient (Wildman–Crippen LogP) is 5.29. The Morgan fingerprint density at radius 1 is 1.11 bits per heavy atom. The van der Waals surface area contributed by atoms with E-state index < -0.39 is 4.92 Å². The molecule has 0 bridgehead atoms. The lowest BCUT2D eigenvalue weighted by molar-refractivity contribution is -0.384. The number of methoxy groups -OCH3 is 1. The van der Waals surface area contributed by atoms with Crippen LogP contribution < -0.4 is 15.0 Å². The van der Waals surface area contributed by atoms with Crippen LogP contribution in [0.5, 0.6) is 11.5 Å². The maximum Gasteiger partial charge on any atom is 0.296 e. The van der Waals surface area contributed by atoms with Crippen LogP contribution in [0.15, 0.2) is 72.9 Å². The molecule has 0 unspecified atom stereocenters. The Balaban J connectivity index is 1.70. The first-order chi connectivity index (χ1) is 17.8. The third-order valence-electron chi connectivity index (χ3n) is 6.64. The van der Waals surface area contributed by atoms with Gasteiger partial charge in [-0.3, -0.25) is 15.1 Å². The smallest absolute Gasteiger partial charge is 0.296 e. The predicted molar refractivity (Wildman–Crippen MR) is 144 cm³/mol. The standard InChI is InChI=1S/C27H25N5O4S/c1-16-14-21(17(2)30(16)23-12-11-20(36-3)15-24(23)32(34)35)26-25(22-6-4-5-13-28-22)29-27(37)31(26)18-7-9-19(33)10-8-18/h4-15,25-26,33H,1-3H3,(H,29,37)/t25-,26-/m1/s1. The van der Waals surface area contributed by atoms with Crippen LogP contribution >= 0.6 is 12.2 Å². The molecule has 0 radical (unpaired) electrons. The Hall–Kier alpha value is -4.44. The summed E-state index contributed by atoms with van der Waals surface area (Å²) in [5.74, 6) is 0.571. The minimum Gasteiger partial charge on any atom is -0.508 e. The van der Waals surface area contributed by atoms with E-state index in [1.54, 1.807) is 30.5 Å². The number of ether oxygens (including phenoxy) is 1. The quantitative estimate of drug-likeness (QED) is 0.203. The highest BCUT2D eigenvalue weighted by atomic mass is 32.1. The third kappa shape index (κ3) is 4.25. The molecule has 2 aromatic carbocycles. The summed E-state index contributed by atoms with van der Waals surface area (Å²) in [6.45, 7) is 3.87. The van der Waals surface area contributed by atoms with Crippen LogP contribution in [-0.2, 0) is 0 Å². The van der Waals surface area contributed by atoms with E-state index in [-0.39, 0.29) is 23.5 Å². The van der Waals surface area contributed by atoms with Gasteiger partial charge in [0.1, 0.15) is 17.2 Å². The van der Waals surface area contributed by atoms with E-state index in [9.17, 15) is 15.2 Å². The molecular weight excluding hydrogens is 490 g/mol. The number of anilines is 1. The van der Waals surface area contributed by atoms with Gasteiger partial charge in [0, 0.05) is 23.3 Å². The number of aromatic hydroxyl groups is 1. The molecule has 0 saturated carbocycles. The summed E-state index contributed by atoms with van der Waals surface area (Å²) < 4.78 is 7.11. The van der Waals surface area contributed by atoms with Crippen LogP contribution in [0, 0.1) is 24.0 Å². The second-order valence-corrected chi connectivity index (χ2v) is 9.17. The summed E-state index contributed by atoms with van der Waals surface area (Å²) in [7, 11) is 1.48. The van der Waals surface area contributed by atoms with Crippen molar-refractivity contribution in [2.45, 2.75) is 25.9 Å². The molecule has 4 aromatic rings. The number of phenolic OH excluding ortho intramolecular Hbond substituents is 1. The molecule has 188 valence electrons.